The fourth-order valence-corrected chi connectivity index (χ4v) is 2.62. The van der Waals surface area contributed by atoms with E-state index in [1.165, 1.54) is 30.3 Å². The molecule has 2 N–H and O–H groups in total. The number of nitro benzene ring substituents is 1. The van der Waals surface area contributed by atoms with Crippen LogP contribution < -0.4 is 15.4 Å². The summed E-state index contributed by atoms with van der Waals surface area (Å²) in [4.78, 5) is 18.9. The Morgan fingerprint density at radius 1 is 1.10 bits per heavy atom. The van der Waals surface area contributed by atoms with Crippen LogP contribution in [0.15, 0.2) is 54.6 Å². The summed E-state index contributed by atoms with van der Waals surface area (Å²) in [6.07, 6.45) is -4.80. The third-order valence-corrected chi connectivity index (χ3v) is 3.91. The van der Waals surface area contributed by atoms with E-state index in [0.717, 1.165) is 0 Å². The molecule has 3 rings (SSSR count). The standard InChI is InChI=1S/C19H16F3N5O3/c1-23-18-25-16(13-5-3-7-15(9-13)30-19(20,21)22)10-17(26-18)24-11-12-4-2-6-14(8-12)27(28)29/h2-10H,11H2,1H3,(H2,23,24,25,26). The van der Waals surface area contributed by atoms with Crippen molar-refractivity contribution in [2.24, 2.45) is 0 Å². The number of non-ortho nitro benzene ring substituents is 1. The number of benzene rings is 2. The van der Waals surface area contributed by atoms with Gasteiger partial charge in [0.25, 0.3) is 5.69 Å². The Hall–Kier alpha value is -3.89. The fraction of sp³-hybridized carbons (Fsp3) is 0.158. The van der Waals surface area contributed by atoms with E-state index in [4.69, 9.17) is 0 Å². The third-order valence-electron chi connectivity index (χ3n) is 3.91. The number of ether oxygens (including phenoxy) is 1. The number of rotatable bonds is 7. The minimum absolute atomic E-state index is 0.0323. The molecule has 0 amide bonds. The van der Waals surface area contributed by atoms with Crippen LogP contribution in [-0.4, -0.2) is 28.3 Å². The molecule has 30 heavy (non-hydrogen) atoms. The van der Waals surface area contributed by atoms with Crippen LogP contribution >= 0.6 is 0 Å². The van der Waals surface area contributed by atoms with E-state index in [0.29, 0.717) is 22.6 Å². The number of hydrogen-bond acceptors (Lipinski definition) is 7. The van der Waals surface area contributed by atoms with Gasteiger partial charge in [-0.2, -0.15) is 4.98 Å². The molecule has 0 fully saturated rings. The van der Waals surface area contributed by atoms with E-state index in [1.54, 1.807) is 31.3 Å². The molecular formula is C19H16F3N5O3. The fourth-order valence-electron chi connectivity index (χ4n) is 2.62. The summed E-state index contributed by atoms with van der Waals surface area (Å²) >= 11 is 0. The topological polar surface area (TPSA) is 102 Å². The number of halogens is 3. The van der Waals surface area contributed by atoms with Gasteiger partial charge in [0.15, 0.2) is 0 Å². The summed E-state index contributed by atoms with van der Waals surface area (Å²) in [6, 6.07) is 13.1. The predicted molar refractivity (Wildman–Crippen MR) is 104 cm³/mol. The van der Waals surface area contributed by atoms with E-state index >= 15 is 0 Å². The van der Waals surface area contributed by atoms with Crippen molar-refractivity contribution in [3.8, 4) is 17.0 Å². The van der Waals surface area contributed by atoms with Gasteiger partial charge < -0.3 is 15.4 Å². The summed E-state index contributed by atoms with van der Waals surface area (Å²) in [5.74, 6) is 0.268. The first kappa shape index (κ1) is 20.8. The van der Waals surface area contributed by atoms with Crippen molar-refractivity contribution in [1.82, 2.24) is 9.97 Å². The Balaban J connectivity index is 1.85. The maximum absolute atomic E-state index is 12.5. The summed E-state index contributed by atoms with van der Waals surface area (Å²) in [5.41, 5.74) is 1.39. The number of aromatic nitrogens is 2. The van der Waals surface area contributed by atoms with Crippen molar-refractivity contribution < 1.29 is 22.8 Å². The van der Waals surface area contributed by atoms with Crippen LogP contribution in [0.2, 0.25) is 0 Å². The monoisotopic (exact) mass is 419 g/mol. The minimum Gasteiger partial charge on any atom is -0.406 e. The van der Waals surface area contributed by atoms with Gasteiger partial charge in [-0.25, -0.2) is 4.98 Å². The molecule has 0 spiro atoms. The van der Waals surface area contributed by atoms with E-state index in [-0.39, 0.29) is 23.9 Å². The first-order valence-corrected chi connectivity index (χ1v) is 8.64. The van der Waals surface area contributed by atoms with Crippen molar-refractivity contribution in [2.45, 2.75) is 12.9 Å². The van der Waals surface area contributed by atoms with Crippen molar-refractivity contribution in [2.75, 3.05) is 17.7 Å². The third kappa shape index (κ3) is 5.56. The maximum atomic E-state index is 12.5. The SMILES string of the molecule is CNc1nc(NCc2cccc([N+](=O)[O-])c2)cc(-c2cccc(OC(F)(F)F)c2)n1. The second kappa shape index (κ2) is 8.64. The number of anilines is 2. The van der Waals surface area contributed by atoms with Gasteiger partial charge in [-0.1, -0.05) is 24.3 Å². The van der Waals surface area contributed by atoms with Gasteiger partial charge in [0.1, 0.15) is 11.6 Å². The number of alkyl halides is 3. The van der Waals surface area contributed by atoms with Gasteiger partial charge in [0, 0.05) is 37.4 Å². The number of hydrogen-bond donors (Lipinski definition) is 2. The lowest BCUT2D eigenvalue weighted by molar-refractivity contribution is -0.384. The highest BCUT2D eigenvalue weighted by molar-refractivity contribution is 5.66. The van der Waals surface area contributed by atoms with Crippen LogP contribution in [0.4, 0.5) is 30.6 Å². The molecule has 11 heteroatoms. The summed E-state index contributed by atoms with van der Waals surface area (Å²) < 4.78 is 41.4. The molecular weight excluding hydrogens is 403 g/mol. The summed E-state index contributed by atoms with van der Waals surface area (Å²) in [5, 5.41) is 16.7. The van der Waals surface area contributed by atoms with E-state index in [2.05, 4.69) is 25.3 Å². The second-order valence-electron chi connectivity index (χ2n) is 6.07. The molecule has 1 heterocycles. The van der Waals surface area contributed by atoms with Crippen molar-refractivity contribution in [1.29, 1.82) is 0 Å². The molecule has 0 unspecified atom stereocenters. The van der Waals surface area contributed by atoms with Gasteiger partial charge in [0.05, 0.1) is 10.6 Å². The Morgan fingerprint density at radius 2 is 1.87 bits per heavy atom. The van der Waals surface area contributed by atoms with E-state index in [1.807, 2.05) is 0 Å². The average Bonchev–Trinajstić information content (AvgIpc) is 2.71. The molecule has 156 valence electrons. The second-order valence-corrected chi connectivity index (χ2v) is 6.07. The first-order chi connectivity index (χ1) is 14.2. The van der Waals surface area contributed by atoms with Crippen LogP contribution in [0.25, 0.3) is 11.3 Å². The van der Waals surface area contributed by atoms with Crippen LogP contribution in [-0.2, 0) is 6.54 Å². The van der Waals surface area contributed by atoms with Gasteiger partial charge in [-0.3, -0.25) is 10.1 Å². The Morgan fingerprint density at radius 3 is 2.57 bits per heavy atom. The summed E-state index contributed by atoms with van der Waals surface area (Å²) in [7, 11) is 1.60. The number of nitrogens with one attached hydrogen (secondary N) is 2. The molecule has 0 aliphatic carbocycles. The Labute approximate surface area is 168 Å². The molecule has 8 nitrogen and oxygen atoms in total. The molecule has 0 aliphatic heterocycles. The molecule has 0 atom stereocenters. The maximum Gasteiger partial charge on any atom is 0.573 e. The molecule has 0 aliphatic rings. The van der Waals surface area contributed by atoms with Crippen LogP contribution in [0.3, 0.4) is 0 Å². The largest absolute Gasteiger partial charge is 0.573 e. The first-order valence-electron chi connectivity index (χ1n) is 8.64. The van der Waals surface area contributed by atoms with Gasteiger partial charge in [0.2, 0.25) is 5.95 Å². The zero-order chi connectivity index (χ0) is 21.7. The number of nitro groups is 1. The smallest absolute Gasteiger partial charge is 0.406 e. The highest BCUT2D eigenvalue weighted by Gasteiger charge is 2.31. The molecule has 0 bridgehead atoms. The molecule has 0 radical (unpaired) electrons. The van der Waals surface area contributed by atoms with Gasteiger partial charge in [-0.05, 0) is 17.7 Å². The average molecular weight is 419 g/mol. The lowest BCUT2D eigenvalue weighted by atomic mass is 10.1. The van der Waals surface area contributed by atoms with Crippen LogP contribution in [0.5, 0.6) is 5.75 Å². The lowest BCUT2D eigenvalue weighted by Crippen LogP contribution is -2.17. The Kier molecular flexibility index (Phi) is 6.00. The van der Waals surface area contributed by atoms with Crippen molar-refractivity contribution in [3.05, 3.63) is 70.3 Å². The van der Waals surface area contributed by atoms with Crippen LogP contribution in [0.1, 0.15) is 5.56 Å². The van der Waals surface area contributed by atoms with E-state index in [9.17, 15) is 23.3 Å². The minimum atomic E-state index is -4.80. The van der Waals surface area contributed by atoms with Crippen molar-refractivity contribution >= 4 is 17.5 Å². The predicted octanol–water partition coefficient (Wildman–Crippen LogP) is 4.60. The highest BCUT2D eigenvalue weighted by Crippen LogP contribution is 2.28. The quantitative estimate of drug-likeness (QED) is 0.426. The Bertz CT molecular complexity index is 1060. The lowest BCUT2D eigenvalue weighted by Gasteiger charge is -2.12. The number of nitrogens with zero attached hydrogens (tertiary/aromatic N) is 3. The summed E-state index contributed by atoms with van der Waals surface area (Å²) in [6.45, 7) is 0.249. The highest BCUT2D eigenvalue weighted by atomic mass is 19.4. The molecule has 1 aromatic heterocycles. The van der Waals surface area contributed by atoms with Gasteiger partial charge in [-0.15, -0.1) is 13.2 Å². The van der Waals surface area contributed by atoms with Crippen LogP contribution in [0, 0.1) is 10.1 Å². The molecule has 3 aromatic rings. The van der Waals surface area contributed by atoms with E-state index < -0.39 is 11.3 Å². The molecule has 2 aromatic carbocycles. The van der Waals surface area contributed by atoms with Gasteiger partial charge >= 0.3 is 6.36 Å². The zero-order valence-electron chi connectivity index (χ0n) is 15.6. The molecule has 0 saturated heterocycles. The zero-order valence-corrected chi connectivity index (χ0v) is 15.6. The van der Waals surface area contributed by atoms with Crippen molar-refractivity contribution in [3.63, 3.8) is 0 Å². The molecule has 0 saturated carbocycles. The normalized spacial score (nSPS) is 11.1.